The van der Waals surface area contributed by atoms with Crippen molar-refractivity contribution in [3.05, 3.63) is 34.3 Å². The molecule has 114 valence electrons. The van der Waals surface area contributed by atoms with Crippen LogP contribution in [0.4, 0.5) is 4.79 Å². The predicted molar refractivity (Wildman–Crippen MR) is 83.1 cm³/mol. The predicted octanol–water partition coefficient (Wildman–Crippen LogP) is 3.16. The van der Waals surface area contributed by atoms with E-state index in [4.69, 9.17) is 0 Å². The Morgan fingerprint density at radius 2 is 2.19 bits per heavy atom. The van der Waals surface area contributed by atoms with E-state index in [0.717, 1.165) is 22.9 Å². The number of carbonyl (C=O) groups is 2. The number of halogens is 1. The molecule has 0 saturated carbocycles. The van der Waals surface area contributed by atoms with Gasteiger partial charge >= 0.3 is 12.0 Å². The van der Waals surface area contributed by atoms with Gasteiger partial charge in [0, 0.05) is 11.0 Å². The number of aliphatic carboxylic acids is 1. The Bertz CT molecular complexity index is 535. The summed E-state index contributed by atoms with van der Waals surface area (Å²) < 4.78 is 0.947. The maximum Gasteiger partial charge on any atom is 0.326 e. The minimum Gasteiger partial charge on any atom is -0.480 e. The largest absolute Gasteiger partial charge is 0.480 e. The fourth-order valence-electron chi connectivity index (χ4n) is 2.56. The lowest BCUT2D eigenvalue weighted by atomic mass is 10.0. The molecule has 5 nitrogen and oxygen atoms in total. The fourth-order valence-corrected chi connectivity index (χ4v) is 2.98. The molecule has 1 saturated heterocycles. The van der Waals surface area contributed by atoms with Crippen molar-refractivity contribution >= 4 is 27.9 Å². The minimum atomic E-state index is -0.931. The quantitative estimate of drug-likeness (QED) is 0.875. The second kappa shape index (κ2) is 6.93. The average Bonchev–Trinajstić information content (AvgIpc) is 2.47. The Morgan fingerprint density at radius 1 is 1.43 bits per heavy atom. The van der Waals surface area contributed by atoms with Crippen LogP contribution in [0, 0.1) is 0 Å². The summed E-state index contributed by atoms with van der Waals surface area (Å²) in [5.41, 5.74) is 0.974. The molecular weight excluding hydrogens is 336 g/mol. The Labute approximate surface area is 132 Å². The van der Waals surface area contributed by atoms with E-state index in [-0.39, 0.29) is 12.1 Å². The molecule has 0 aliphatic carbocycles. The summed E-state index contributed by atoms with van der Waals surface area (Å²) in [7, 11) is 0. The number of nitrogens with one attached hydrogen (secondary N) is 1. The van der Waals surface area contributed by atoms with Crippen LogP contribution in [0.5, 0.6) is 0 Å². The van der Waals surface area contributed by atoms with Crippen LogP contribution in [-0.2, 0) is 4.79 Å². The number of carboxylic acids is 1. The Morgan fingerprint density at radius 3 is 2.86 bits per heavy atom. The third-order valence-corrected chi connectivity index (χ3v) is 4.23. The van der Waals surface area contributed by atoms with E-state index in [9.17, 15) is 14.7 Å². The van der Waals surface area contributed by atoms with Crippen LogP contribution in [0.1, 0.15) is 37.8 Å². The van der Waals surface area contributed by atoms with Gasteiger partial charge in [-0.1, -0.05) is 28.1 Å². The van der Waals surface area contributed by atoms with Crippen molar-refractivity contribution in [1.82, 2.24) is 10.2 Å². The molecule has 1 aliphatic heterocycles. The van der Waals surface area contributed by atoms with Gasteiger partial charge in [-0.25, -0.2) is 9.59 Å². The fraction of sp³-hybridized carbons (Fsp3) is 0.467. The van der Waals surface area contributed by atoms with Gasteiger partial charge in [0.1, 0.15) is 6.04 Å². The standard InChI is InChI=1S/C15H19BrN2O3/c1-10(11-5-4-6-12(16)9-11)17-15(21)18-8-3-2-7-13(18)14(19)20/h4-6,9-10,13H,2-3,7-8H2,1H3,(H,17,21)(H,19,20). The first kappa shape index (κ1) is 15.8. The number of hydrogen-bond donors (Lipinski definition) is 2. The Kier molecular flexibility index (Phi) is 5.22. The summed E-state index contributed by atoms with van der Waals surface area (Å²) in [6, 6.07) is 6.50. The topological polar surface area (TPSA) is 69.6 Å². The van der Waals surface area contributed by atoms with Crippen molar-refractivity contribution in [2.45, 2.75) is 38.3 Å². The lowest BCUT2D eigenvalue weighted by Crippen LogP contribution is -2.52. The molecule has 1 aromatic rings. The van der Waals surface area contributed by atoms with Crippen LogP contribution in [0.15, 0.2) is 28.7 Å². The zero-order valence-corrected chi connectivity index (χ0v) is 13.5. The van der Waals surface area contributed by atoms with Crippen molar-refractivity contribution in [3.8, 4) is 0 Å². The molecule has 1 aromatic carbocycles. The zero-order valence-electron chi connectivity index (χ0n) is 11.9. The third-order valence-electron chi connectivity index (χ3n) is 3.74. The molecule has 1 aliphatic rings. The van der Waals surface area contributed by atoms with Crippen LogP contribution >= 0.6 is 15.9 Å². The highest BCUT2D eigenvalue weighted by atomic mass is 79.9. The van der Waals surface area contributed by atoms with Crippen molar-refractivity contribution in [3.63, 3.8) is 0 Å². The first-order valence-electron chi connectivity index (χ1n) is 7.04. The van der Waals surface area contributed by atoms with Crippen molar-refractivity contribution < 1.29 is 14.7 Å². The number of amides is 2. The summed E-state index contributed by atoms with van der Waals surface area (Å²) in [4.78, 5) is 25.0. The second-order valence-corrected chi connectivity index (χ2v) is 6.19. The first-order chi connectivity index (χ1) is 9.99. The van der Waals surface area contributed by atoms with Gasteiger partial charge in [0.2, 0.25) is 0 Å². The second-order valence-electron chi connectivity index (χ2n) is 5.27. The maximum atomic E-state index is 12.3. The van der Waals surface area contributed by atoms with Crippen LogP contribution in [0.25, 0.3) is 0 Å². The number of rotatable bonds is 3. The molecule has 0 bridgehead atoms. The van der Waals surface area contributed by atoms with E-state index >= 15 is 0 Å². The molecule has 0 radical (unpaired) electrons. The summed E-state index contributed by atoms with van der Waals surface area (Å²) >= 11 is 3.40. The van der Waals surface area contributed by atoms with Gasteiger partial charge in [-0.05, 0) is 43.9 Å². The van der Waals surface area contributed by atoms with E-state index in [2.05, 4.69) is 21.2 Å². The van der Waals surface area contributed by atoms with Gasteiger partial charge in [0.05, 0.1) is 6.04 Å². The molecule has 2 amide bonds. The molecule has 2 N–H and O–H groups in total. The molecule has 2 atom stereocenters. The van der Waals surface area contributed by atoms with E-state index in [1.807, 2.05) is 31.2 Å². The number of likely N-dealkylation sites (tertiary alicyclic amines) is 1. The number of piperidine rings is 1. The SMILES string of the molecule is CC(NC(=O)N1CCCCC1C(=O)O)c1cccc(Br)c1. The number of carbonyl (C=O) groups excluding carboxylic acids is 1. The van der Waals surface area contributed by atoms with E-state index in [1.165, 1.54) is 4.90 Å². The van der Waals surface area contributed by atoms with Crippen LogP contribution in [0.2, 0.25) is 0 Å². The van der Waals surface area contributed by atoms with Crippen molar-refractivity contribution in [2.24, 2.45) is 0 Å². The van der Waals surface area contributed by atoms with Crippen LogP contribution < -0.4 is 5.32 Å². The van der Waals surface area contributed by atoms with Gasteiger partial charge in [0.25, 0.3) is 0 Å². The highest BCUT2D eigenvalue weighted by molar-refractivity contribution is 9.10. The van der Waals surface area contributed by atoms with Crippen molar-refractivity contribution in [2.75, 3.05) is 6.54 Å². The number of nitrogens with zero attached hydrogens (tertiary/aromatic N) is 1. The van der Waals surface area contributed by atoms with E-state index in [0.29, 0.717) is 13.0 Å². The van der Waals surface area contributed by atoms with Gasteiger partial charge in [-0.3, -0.25) is 0 Å². The summed E-state index contributed by atoms with van der Waals surface area (Å²) in [5, 5.41) is 12.1. The molecule has 21 heavy (non-hydrogen) atoms. The number of benzene rings is 1. The lowest BCUT2D eigenvalue weighted by molar-refractivity contribution is -0.143. The van der Waals surface area contributed by atoms with Gasteiger partial charge in [-0.15, -0.1) is 0 Å². The maximum absolute atomic E-state index is 12.3. The smallest absolute Gasteiger partial charge is 0.326 e. The van der Waals surface area contributed by atoms with Crippen LogP contribution in [0.3, 0.4) is 0 Å². The third kappa shape index (κ3) is 3.97. The number of urea groups is 1. The zero-order chi connectivity index (χ0) is 15.4. The van der Waals surface area contributed by atoms with Gasteiger partial charge < -0.3 is 15.3 Å². The highest BCUT2D eigenvalue weighted by Crippen LogP contribution is 2.20. The Balaban J connectivity index is 2.04. The average molecular weight is 355 g/mol. The Hall–Kier alpha value is -1.56. The molecule has 0 aromatic heterocycles. The summed E-state index contributed by atoms with van der Waals surface area (Å²) in [6.45, 7) is 2.38. The normalized spacial score (nSPS) is 19.9. The molecule has 2 unspecified atom stereocenters. The molecule has 6 heteroatoms. The summed E-state index contributed by atoms with van der Waals surface area (Å²) in [6.07, 6.45) is 2.22. The van der Waals surface area contributed by atoms with Crippen molar-refractivity contribution in [1.29, 1.82) is 0 Å². The molecule has 0 spiro atoms. The van der Waals surface area contributed by atoms with Gasteiger partial charge in [-0.2, -0.15) is 0 Å². The van der Waals surface area contributed by atoms with E-state index in [1.54, 1.807) is 0 Å². The number of hydrogen-bond acceptors (Lipinski definition) is 2. The molecule has 1 fully saturated rings. The highest BCUT2D eigenvalue weighted by Gasteiger charge is 2.32. The molecular formula is C15H19BrN2O3. The van der Waals surface area contributed by atoms with Crippen LogP contribution in [-0.4, -0.2) is 34.6 Å². The number of carboxylic acid groups (broad SMARTS) is 1. The molecule has 2 rings (SSSR count). The molecule has 1 heterocycles. The minimum absolute atomic E-state index is 0.175. The van der Waals surface area contributed by atoms with Gasteiger partial charge in [0.15, 0.2) is 0 Å². The monoisotopic (exact) mass is 354 g/mol. The lowest BCUT2D eigenvalue weighted by Gasteiger charge is -2.33. The summed E-state index contributed by atoms with van der Waals surface area (Å²) in [5.74, 6) is -0.931. The van der Waals surface area contributed by atoms with E-state index < -0.39 is 12.0 Å². The first-order valence-corrected chi connectivity index (χ1v) is 7.83.